The molecule has 0 aliphatic rings. The molecule has 9 nitrogen and oxygen atoms in total. The number of rotatable bonds is 6. The van der Waals surface area contributed by atoms with Gasteiger partial charge >= 0.3 is 0 Å². The van der Waals surface area contributed by atoms with Gasteiger partial charge in [0, 0.05) is 5.56 Å². The summed E-state index contributed by atoms with van der Waals surface area (Å²) >= 11 is 0. The number of hydrogen-bond acceptors (Lipinski definition) is 5. The van der Waals surface area contributed by atoms with E-state index >= 15 is 0 Å². The zero-order chi connectivity index (χ0) is 23.3. The Morgan fingerprint density at radius 1 is 0.969 bits per heavy atom. The molecule has 2 aromatic carbocycles. The molecule has 0 unspecified atom stereocenters. The van der Waals surface area contributed by atoms with Gasteiger partial charge in [-0.3, -0.25) is 25.2 Å². The minimum Gasteiger partial charge on any atom is -0.504 e. The van der Waals surface area contributed by atoms with E-state index in [9.17, 15) is 23.9 Å². The number of halogens is 1. The van der Waals surface area contributed by atoms with Crippen LogP contribution in [0.1, 0.15) is 34.7 Å². The van der Waals surface area contributed by atoms with Crippen molar-refractivity contribution >= 4 is 17.7 Å². The lowest BCUT2D eigenvalue weighted by Crippen LogP contribution is -2.54. The number of carbonyl (C=O) groups excluding carboxylic acids is 3. The van der Waals surface area contributed by atoms with E-state index < -0.39 is 29.6 Å². The van der Waals surface area contributed by atoms with Gasteiger partial charge in [-0.05, 0) is 42.3 Å². The summed E-state index contributed by atoms with van der Waals surface area (Å²) < 4.78 is 14.4. The second-order valence-corrected chi connectivity index (χ2v) is 7.29. The lowest BCUT2D eigenvalue weighted by atomic mass is 10.0. The molecule has 1 heterocycles. The second kappa shape index (κ2) is 9.73. The molecule has 0 radical (unpaired) electrons. The molecular weight excluding hydrogens is 417 g/mol. The fourth-order valence-corrected chi connectivity index (χ4v) is 2.86. The Labute approximate surface area is 183 Å². The van der Waals surface area contributed by atoms with Gasteiger partial charge in [0.25, 0.3) is 17.7 Å². The zero-order valence-corrected chi connectivity index (χ0v) is 17.4. The third-order valence-electron chi connectivity index (χ3n) is 4.57. The number of benzene rings is 2. The summed E-state index contributed by atoms with van der Waals surface area (Å²) in [5, 5.41) is 16.6. The van der Waals surface area contributed by atoms with Crippen molar-refractivity contribution in [2.24, 2.45) is 5.92 Å². The smallest absolute Gasteiger partial charge is 0.294 e. The molecule has 1 atom stereocenters. The first-order chi connectivity index (χ1) is 15.3. The van der Waals surface area contributed by atoms with Crippen LogP contribution in [0.4, 0.5) is 4.39 Å². The Balaban J connectivity index is 1.64. The second-order valence-electron chi connectivity index (χ2n) is 7.29. The molecule has 0 fully saturated rings. The van der Waals surface area contributed by atoms with Crippen LogP contribution in [0.25, 0.3) is 5.69 Å². The number of nitrogens with one attached hydrogen (secondary N) is 3. The summed E-state index contributed by atoms with van der Waals surface area (Å²) in [6.45, 7) is 3.43. The largest absolute Gasteiger partial charge is 0.504 e. The molecule has 0 saturated heterocycles. The van der Waals surface area contributed by atoms with E-state index in [0.29, 0.717) is 5.69 Å². The van der Waals surface area contributed by atoms with E-state index in [2.05, 4.69) is 21.3 Å². The van der Waals surface area contributed by atoms with Gasteiger partial charge in [0.2, 0.25) is 0 Å². The minimum atomic E-state index is -0.983. The van der Waals surface area contributed by atoms with E-state index in [1.165, 1.54) is 23.0 Å². The molecule has 0 saturated carbocycles. The molecule has 1 aromatic heterocycles. The molecule has 0 aliphatic carbocycles. The summed E-state index contributed by atoms with van der Waals surface area (Å²) in [5.41, 5.74) is 4.95. The highest BCUT2D eigenvalue weighted by Crippen LogP contribution is 2.17. The molecule has 3 rings (SSSR count). The predicted octanol–water partition coefficient (Wildman–Crippen LogP) is 1.93. The highest BCUT2D eigenvalue weighted by Gasteiger charge is 2.26. The zero-order valence-electron chi connectivity index (χ0n) is 17.4. The number of hydrogen-bond donors (Lipinski definition) is 4. The topological polar surface area (TPSA) is 125 Å². The third kappa shape index (κ3) is 5.28. The molecule has 4 N–H and O–H groups in total. The average molecular weight is 439 g/mol. The fraction of sp³-hybridized carbons (Fsp3) is 0.182. The van der Waals surface area contributed by atoms with Gasteiger partial charge in [-0.1, -0.05) is 32.0 Å². The van der Waals surface area contributed by atoms with Crippen LogP contribution in [0.3, 0.4) is 0 Å². The maximum Gasteiger partial charge on any atom is 0.294 e. The Bertz CT molecular complexity index is 1110. The first kappa shape index (κ1) is 22.5. The summed E-state index contributed by atoms with van der Waals surface area (Å²) in [6, 6.07) is 12.8. The Kier molecular flexibility index (Phi) is 6.83. The fourth-order valence-electron chi connectivity index (χ4n) is 2.86. The molecule has 0 spiro atoms. The van der Waals surface area contributed by atoms with Crippen LogP contribution in [-0.4, -0.2) is 38.7 Å². The SMILES string of the molecule is CC(C)[C@H](NC(=O)c1ccc(F)cc1)C(=O)NNC(=O)c1nn(-c2ccccc2)cc1O. The van der Waals surface area contributed by atoms with Crippen molar-refractivity contribution in [2.75, 3.05) is 0 Å². The van der Waals surface area contributed by atoms with Crippen LogP contribution in [0.2, 0.25) is 0 Å². The monoisotopic (exact) mass is 439 g/mol. The first-order valence-corrected chi connectivity index (χ1v) is 9.77. The van der Waals surface area contributed by atoms with Crippen LogP contribution in [-0.2, 0) is 4.79 Å². The van der Waals surface area contributed by atoms with Crippen molar-refractivity contribution in [1.82, 2.24) is 25.9 Å². The van der Waals surface area contributed by atoms with Gasteiger partial charge in [-0.25, -0.2) is 9.07 Å². The van der Waals surface area contributed by atoms with E-state index in [1.807, 2.05) is 6.07 Å². The van der Waals surface area contributed by atoms with Gasteiger partial charge in [0.1, 0.15) is 11.9 Å². The van der Waals surface area contributed by atoms with E-state index in [4.69, 9.17) is 0 Å². The van der Waals surface area contributed by atoms with Crippen LogP contribution < -0.4 is 16.2 Å². The van der Waals surface area contributed by atoms with Crippen LogP contribution >= 0.6 is 0 Å². The van der Waals surface area contributed by atoms with Crippen molar-refractivity contribution in [3.63, 3.8) is 0 Å². The van der Waals surface area contributed by atoms with Crippen molar-refractivity contribution in [3.8, 4) is 11.4 Å². The molecule has 0 bridgehead atoms. The van der Waals surface area contributed by atoms with Gasteiger partial charge < -0.3 is 10.4 Å². The molecule has 3 aromatic rings. The molecule has 3 amide bonds. The summed E-state index contributed by atoms with van der Waals surface area (Å²) in [4.78, 5) is 37.3. The molecule has 166 valence electrons. The quantitative estimate of drug-likeness (QED) is 0.437. The van der Waals surface area contributed by atoms with Gasteiger partial charge in [0.15, 0.2) is 11.4 Å². The average Bonchev–Trinajstić information content (AvgIpc) is 3.18. The summed E-state index contributed by atoms with van der Waals surface area (Å²) in [6.07, 6.45) is 1.27. The predicted molar refractivity (Wildman–Crippen MR) is 113 cm³/mol. The van der Waals surface area contributed by atoms with Crippen molar-refractivity contribution in [2.45, 2.75) is 19.9 Å². The summed E-state index contributed by atoms with van der Waals surface area (Å²) in [5.74, 6) is -3.25. The van der Waals surface area contributed by atoms with Gasteiger partial charge in [-0.15, -0.1) is 0 Å². The van der Waals surface area contributed by atoms with E-state index in [-0.39, 0.29) is 22.9 Å². The standard InChI is InChI=1S/C22H22FN5O4/c1-13(2)18(24-20(30)14-8-10-15(23)11-9-14)21(31)25-26-22(32)19-17(29)12-28(27-19)16-6-4-3-5-7-16/h3-13,18,29H,1-2H3,(H,24,30)(H,25,31)(H,26,32)/t18-/m0/s1. The van der Waals surface area contributed by atoms with Crippen LogP contribution in [0.5, 0.6) is 5.75 Å². The van der Waals surface area contributed by atoms with Gasteiger partial charge in [0.05, 0.1) is 11.9 Å². The van der Waals surface area contributed by atoms with Gasteiger partial charge in [-0.2, -0.15) is 5.10 Å². The van der Waals surface area contributed by atoms with Crippen molar-refractivity contribution in [1.29, 1.82) is 0 Å². The van der Waals surface area contributed by atoms with Crippen molar-refractivity contribution < 1.29 is 23.9 Å². The number of aromatic nitrogens is 2. The lowest BCUT2D eigenvalue weighted by Gasteiger charge is -2.21. The number of nitrogens with zero attached hydrogens (tertiary/aromatic N) is 2. The number of aromatic hydroxyl groups is 1. The first-order valence-electron chi connectivity index (χ1n) is 9.77. The Hall–Kier alpha value is -4.21. The summed E-state index contributed by atoms with van der Waals surface area (Å²) in [7, 11) is 0. The number of hydrazine groups is 1. The Morgan fingerprint density at radius 3 is 2.25 bits per heavy atom. The number of carbonyl (C=O) groups is 3. The molecular formula is C22H22FN5O4. The van der Waals surface area contributed by atoms with Crippen LogP contribution in [0.15, 0.2) is 60.8 Å². The third-order valence-corrected chi connectivity index (χ3v) is 4.57. The highest BCUT2D eigenvalue weighted by atomic mass is 19.1. The highest BCUT2D eigenvalue weighted by molar-refractivity contribution is 5.99. The normalized spacial score (nSPS) is 11.6. The number of para-hydroxylation sites is 1. The Morgan fingerprint density at radius 2 is 1.62 bits per heavy atom. The molecule has 10 heteroatoms. The minimum absolute atomic E-state index is 0.185. The molecule has 32 heavy (non-hydrogen) atoms. The number of amides is 3. The maximum atomic E-state index is 13.1. The molecule has 0 aliphatic heterocycles. The van der Waals surface area contributed by atoms with Crippen molar-refractivity contribution in [3.05, 3.63) is 77.9 Å². The lowest BCUT2D eigenvalue weighted by molar-refractivity contribution is -0.124. The maximum absolute atomic E-state index is 13.1. The van der Waals surface area contributed by atoms with E-state index in [0.717, 1.165) is 12.1 Å². The van der Waals surface area contributed by atoms with E-state index in [1.54, 1.807) is 38.1 Å². The van der Waals surface area contributed by atoms with Crippen LogP contribution in [0, 0.1) is 11.7 Å².